The highest BCUT2D eigenvalue weighted by Crippen LogP contribution is 2.40. The molecular weight excluding hydrogens is 338 g/mol. The predicted molar refractivity (Wildman–Crippen MR) is 95.7 cm³/mol. The lowest BCUT2D eigenvalue weighted by molar-refractivity contribution is -0.224. The number of hydrogen-bond acceptors (Lipinski definition) is 7. The zero-order valence-electron chi connectivity index (χ0n) is 14.3. The Bertz CT molecular complexity index is 647. The summed E-state index contributed by atoms with van der Waals surface area (Å²) in [6.07, 6.45) is -4.94. The number of para-hydroxylation sites is 4. The molecule has 0 bridgehead atoms. The van der Waals surface area contributed by atoms with Gasteiger partial charge in [-0.25, -0.2) is 0 Å². The van der Waals surface area contributed by atoms with Gasteiger partial charge in [0.05, 0.1) is 24.1 Å². The largest absolute Gasteiger partial charge is 0.453 e. The summed E-state index contributed by atoms with van der Waals surface area (Å²) < 4.78 is 10.7. The van der Waals surface area contributed by atoms with Crippen molar-refractivity contribution in [2.75, 3.05) is 11.9 Å². The number of aliphatic hydroxyl groups is 4. The molecule has 1 unspecified atom stereocenters. The van der Waals surface area contributed by atoms with Crippen LogP contribution in [0.3, 0.4) is 0 Å². The highest BCUT2D eigenvalue weighted by Gasteiger charge is 2.41. The average Bonchev–Trinajstić information content (AvgIpc) is 2.68. The molecule has 1 fully saturated rings. The molecule has 140 valence electrons. The van der Waals surface area contributed by atoms with Gasteiger partial charge in [0.1, 0.15) is 24.4 Å². The minimum Gasteiger partial charge on any atom is -0.453 e. The van der Waals surface area contributed by atoms with E-state index in [1.807, 2.05) is 48.5 Å². The van der Waals surface area contributed by atoms with Gasteiger partial charge in [-0.3, -0.25) is 0 Å². The topological polar surface area (TPSA) is 111 Å². The molecule has 5 N–H and O–H groups in total. The summed E-state index contributed by atoms with van der Waals surface area (Å²) in [6.45, 7) is 1.21. The number of ether oxygens (including phenoxy) is 2. The molecule has 2 heterocycles. The Morgan fingerprint density at radius 1 is 0.846 bits per heavy atom. The molecule has 0 aliphatic carbocycles. The molecule has 0 radical (unpaired) electrons. The standard InChI is InChI=1S/C12H9NO.C7H14O5/c1-3-7-11-9(5-1)13-10-6-2-4-8-12(10)14-11;1-3-5(9)7(11)6(10)4(2-8)12-3/h1-8,13H;3-11H,2H2,1H3/t;3?,4-,5+,6+,7-/m.1/s1. The van der Waals surface area contributed by atoms with Crippen LogP contribution in [-0.2, 0) is 4.74 Å². The second kappa shape index (κ2) is 8.03. The molecule has 0 saturated carbocycles. The molecule has 0 amide bonds. The van der Waals surface area contributed by atoms with Gasteiger partial charge < -0.3 is 35.2 Å². The van der Waals surface area contributed by atoms with Gasteiger partial charge >= 0.3 is 0 Å². The molecular formula is C19H23NO6. The maximum atomic E-state index is 9.23. The van der Waals surface area contributed by atoms with E-state index < -0.39 is 30.5 Å². The van der Waals surface area contributed by atoms with Crippen molar-refractivity contribution in [3.8, 4) is 11.5 Å². The summed E-state index contributed by atoms with van der Waals surface area (Å²) in [5.74, 6) is 1.76. The molecule has 7 heteroatoms. The predicted octanol–water partition coefficient (Wildman–Crippen LogP) is 1.38. The van der Waals surface area contributed by atoms with E-state index in [4.69, 9.17) is 14.6 Å². The van der Waals surface area contributed by atoms with E-state index in [0.29, 0.717) is 0 Å². The molecule has 5 atom stereocenters. The van der Waals surface area contributed by atoms with Gasteiger partial charge in [0.25, 0.3) is 0 Å². The minimum atomic E-state index is -1.24. The van der Waals surface area contributed by atoms with Gasteiger partial charge in [0, 0.05) is 0 Å². The van der Waals surface area contributed by atoms with Crippen LogP contribution in [0.4, 0.5) is 11.4 Å². The Kier molecular flexibility index (Phi) is 5.75. The van der Waals surface area contributed by atoms with Crippen LogP contribution in [0.25, 0.3) is 0 Å². The van der Waals surface area contributed by atoms with E-state index in [1.54, 1.807) is 6.92 Å². The average molecular weight is 361 g/mol. The fourth-order valence-corrected chi connectivity index (χ4v) is 2.87. The first-order valence-corrected chi connectivity index (χ1v) is 8.44. The normalized spacial score (nSPS) is 29.2. The van der Waals surface area contributed by atoms with E-state index in [9.17, 15) is 15.3 Å². The molecule has 0 spiro atoms. The van der Waals surface area contributed by atoms with Crippen LogP contribution in [0.15, 0.2) is 48.5 Å². The van der Waals surface area contributed by atoms with E-state index in [2.05, 4.69) is 5.32 Å². The molecule has 2 aliphatic heterocycles. The second-order valence-electron chi connectivity index (χ2n) is 6.25. The number of fused-ring (bicyclic) bond motifs is 2. The Morgan fingerprint density at radius 3 is 1.92 bits per heavy atom. The molecule has 2 aliphatic rings. The first-order chi connectivity index (χ1) is 12.5. The van der Waals surface area contributed by atoms with Crippen molar-refractivity contribution in [3.63, 3.8) is 0 Å². The quantitative estimate of drug-likeness (QED) is 0.445. The van der Waals surface area contributed by atoms with Gasteiger partial charge in [-0.1, -0.05) is 24.3 Å². The number of nitrogens with one attached hydrogen (secondary N) is 1. The lowest BCUT2D eigenvalue weighted by Crippen LogP contribution is -2.57. The highest BCUT2D eigenvalue weighted by molar-refractivity contribution is 5.75. The van der Waals surface area contributed by atoms with Gasteiger partial charge in [-0.15, -0.1) is 0 Å². The van der Waals surface area contributed by atoms with Crippen molar-refractivity contribution in [1.29, 1.82) is 0 Å². The van der Waals surface area contributed by atoms with Crippen LogP contribution < -0.4 is 10.1 Å². The van der Waals surface area contributed by atoms with E-state index in [-0.39, 0.29) is 6.61 Å². The SMILES string of the molecule is CC1O[C@H](CO)[C@H](O)[C@H](O)[C@H]1O.c1ccc2c(c1)Nc1ccccc1O2. The Balaban J connectivity index is 0.000000153. The third-order valence-corrected chi connectivity index (χ3v) is 4.39. The van der Waals surface area contributed by atoms with Crippen LogP contribution in [0.1, 0.15) is 6.92 Å². The van der Waals surface area contributed by atoms with Gasteiger partial charge in [0.2, 0.25) is 0 Å². The smallest absolute Gasteiger partial charge is 0.150 e. The van der Waals surface area contributed by atoms with Gasteiger partial charge in [-0.2, -0.15) is 0 Å². The van der Waals surface area contributed by atoms with Crippen LogP contribution in [0, 0.1) is 0 Å². The van der Waals surface area contributed by atoms with E-state index in [1.165, 1.54) is 0 Å². The number of rotatable bonds is 1. The summed E-state index contributed by atoms with van der Waals surface area (Å²) in [6, 6.07) is 15.8. The van der Waals surface area contributed by atoms with Gasteiger partial charge in [0.15, 0.2) is 11.5 Å². The first-order valence-electron chi connectivity index (χ1n) is 8.44. The minimum absolute atomic E-state index is 0.366. The van der Waals surface area contributed by atoms with Crippen molar-refractivity contribution in [1.82, 2.24) is 0 Å². The van der Waals surface area contributed by atoms with Crippen molar-refractivity contribution in [2.24, 2.45) is 0 Å². The number of benzene rings is 2. The van der Waals surface area contributed by atoms with Crippen molar-refractivity contribution >= 4 is 11.4 Å². The highest BCUT2D eigenvalue weighted by atomic mass is 16.5. The first kappa shape index (κ1) is 18.6. The summed E-state index contributed by atoms with van der Waals surface area (Å²) in [5, 5.41) is 39.7. The number of aliphatic hydroxyl groups excluding tert-OH is 4. The summed E-state index contributed by atoms with van der Waals surface area (Å²) in [7, 11) is 0. The second-order valence-corrected chi connectivity index (χ2v) is 6.25. The molecule has 26 heavy (non-hydrogen) atoms. The molecule has 2 aromatic rings. The maximum absolute atomic E-state index is 9.23. The molecule has 2 aromatic carbocycles. The summed E-state index contributed by atoms with van der Waals surface area (Å²) in [4.78, 5) is 0. The van der Waals surface area contributed by atoms with Crippen molar-refractivity contribution in [2.45, 2.75) is 37.4 Å². The summed E-state index contributed by atoms with van der Waals surface area (Å²) >= 11 is 0. The zero-order valence-corrected chi connectivity index (χ0v) is 14.3. The van der Waals surface area contributed by atoms with Crippen molar-refractivity contribution < 1.29 is 29.9 Å². The van der Waals surface area contributed by atoms with Crippen LogP contribution >= 0.6 is 0 Å². The monoisotopic (exact) mass is 361 g/mol. The number of hydrogen-bond donors (Lipinski definition) is 5. The van der Waals surface area contributed by atoms with Gasteiger partial charge in [-0.05, 0) is 31.2 Å². The summed E-state index contributed by atoms with van der Waals surface area (Å²) in [5.41, 5.74) is 2.04. The van der Waals surface area contributed by atoms with Crippen LogP contribution in [0.2, 0.25) is 0 Å². The fraction of sp³-hybridized carbons (Fsp3) is 0.368. The number of anilines is 2. The Labute approximate surface area is 151 Å². The molecule has 4 rings (SSSR count). The van der Waals surface area contributed by atoms with E-state index >= 15 is 0 Å². The Hall–Kier alpha value is -2.16. The third kappa shape index (κ3) is 3.82. The van der Waals surface area contributed by atoms with Crippen LogP contribution in [0.5, 0.6) is 11.5 Å². The molecule has 1 saturated heterocycles. The fourth-order valence-electron chi connectivity index (χ4n) is 2.87. The van der Waals surface area contributed by atoms with Crippen molar-refractivity contribution in [3.05, 3.63) is 48.5 Å². The molecule has 7 nitrogen and oxygen atoms in total. The third-order valence-electron chi connectivity index (χ3n) is 4.39. The lowest BCUT2D eigenvalue weighted by atomic mass is 9.96. The lowest BCUT2D eigenvalue weighted by Gasteiger charge is -2.38. The zero-order chi connectivity index (χ0) is 18.7. The van der Waals surface area contributed by atoms with E-state index in [0.717, 1.165) is 22.9 Å². The van der Waals surface area contributed by atoms with Crippen LogP contribution in [-0.4, -0.2) is 57.6 Å². The maximum Gasteiger partial charge on any atom is 0.150 e. The Morgan fingerprint density at radius 2 is 1.38 bits per heavy atom. The molecule has 0 aromatic heterocycles.